The van der Waals surface area contributed by atoms with Crippen molar-refractivity contribution in [3.05, 3.63) is 65.7 Å². The summed E-state index contributed by atoms with van der Waals surface area (Å²) in [5.41, 5.74) is 1.97. The smallest absolute Gasteiger partial charge is 0.257 e. The average Bonchev–Trinajstić information content (AvgIpc) is 2.87. The highest BCUT2D eigenvalue weighted by molar-refractivity contribution is 5.96. The molecule has 0 aliphatic carbocycles. The van der Waals surface area contributed by atoms with E-state index in [1.807, 2.05) is 41.1 Å². The van der Waals surface area contributed by atoms with Crippen LogP contribution in [0.25, 0.3) is 0 Å². The summed E-state index contributed by atoms with van der Waals surface area (Å²) >= 11 is 0. The zero-order valence-corrected chi connectivity index (χ0v) is 21.2. The summed E-state index contributed by atoms with van der Waals surface area (Å²) in [4.78, 5) is 31.7. The van der Waals surface area contributed by atoms with Gasteiger partial charge < -0.3 is 14.5 Å². The molecule has 0 aromatic heterocycles. The third kappa shape index (κ3) is 6.63. The first-order valence-corrected chi connectivity index (χ1v) is 12.9. The van der Waals surface area contributed by atoms with Gasteiger partial charge in [-0.15, -0.1) is 0 Å². The van der Waals surface area contributed by atoms with E-state index in [1.54, 1.807) is 6.92 Å². The molecule has 1 fully saturated rings. The molecule has 4 rings (SSSR count). The number of piperidine rings is 1. The minimum absolute atomic E-state index is 0.00664. The van der Waals surface area contributed by atoms with Crippen molar-refractivity contribution in [3.8, 4) is 5.75 Å². The number of hydrogen-bond donors (Lipinski definition) is 0. The summed E-state index contributed by atoms with van der Waals surface area (Å²) in [6, 6.07) is 18.2. The van der Waals surface area contributed by atoms with Gasteiger partial charge in [0.25, 0.3) is 5.91 Å². The van der Waals surface area contributed by atoms with E-state index in [1.165, 1.54) is 5.56 Å². The fourth-order valence-electron chi connectivity index (χ4n) is 5.56. The molecule has 1 spiro atoms. The molecule has 2 aliphatic rings. The Balaban J connectivity index is 1.54. The van der Waals surface area contributed by atoms with Crippen LogP contribution in [-0.4, -0.2) is 72.9 Å². The molecule has 188 valence electrons. The third-order valence-electron chi connectivity index (χ3n) is 7.65. The van der Waals surface area contributed by atoms with Gasteiger partial charge in [-0.2, -0.15) is 0 Å². The summed E-state index contributed by atoms with van der Waals surface area (Å²) in [6.45, 7) is 7.18. The van der Waals surface area contributed by atoms with E-state index in [9.17, 15) is 9.59 Å². The predicted molar refractivity (Wildman–Crippen MR) is 138 cm³/mol. The zero-order valence-electron chi connectivity index (χ0n) is 21.2. The lowest BCUT2D eigenvalue weighted by Gasteiger charge is -2.44. The van der Waals surface area contributed by atoms with Crippen molar-refractivity contribution < 1.29 is 14.3 Å². The van der Waals surface area contributed by atoms with E-state index in [0.29, 0.717) is 24.5 Å². The van der Waals surface area contributed by atoms with Crippen molar-refractivity contribution >= 4 is 11.8 Å². The number of ether oxygens (including phenoxy) is 1. The van der Waals surface area contributed by atoms with Gasteiger partial charge in [0.1, 0.15) is 12.4 Å². The standard InChI is InChI=1S/C29H39N3O3/c1-24(33)32-18-15-29(16-19-32)14-8-9-17-31(22-25-10-4-3-5-11-25)20-21-35-27-13-7-6-12-26(27)28(34)30(2)23-29/h3-7,10-13H,8-9,14-23H2,1-2H3. The number of para-hydroxylation sites is 1. The van der Waals surface area contributed by atoms with Crippen LogP contribution in [0.4, 0.5) is 0 Å². The number of carbonyl (C=O) groups is 2. The van der Waals surface area contributed by atoms with Gasteiger partial charge in [0.15, 0.2) is 0 Å². The molecule has 0 radical (unpaired) electrons. The van der Waals surface area contributed by atoms with Crippen LogP contribution in [0.1, 0.15) is 54.9 Å². The van der Waals surface area contributed by atoms with Crippen molar-refractivity contribution in [2.75, 3.05) is 46.4 Å². The molecule has 2 amide bonds. The SMILES string of the molecule is CC(=O)N1CCC2(CCCCN(Cc3ccccc3)CCOc3ccccc3C(=O)N(C)C2)CC1. The van der Waals surface area contributed by atoms with E-state index < -0.39 is 0 Å². The van der Waals surface area contributed by atoms with Gasteiger partial charge in [0.05, 0.1) is 5.56 Å². The number of rotatable bonds is 2. The fourth-order valence-corrected chi connectivity index (χ4v) is 5.56. The Labute approximate surface area is 209 Å². The van der Waals surface area contributed by atoms with Crippen molar-refractivity contribution in [2.45, 2.75) is 45.6 Å². The highest BCUT2D eigenvalue weighted by Crippen LogP contribution is 2.38. The number of carbonyl (C=O) groups excluding carboxylic acids is 2. The Morgan fingerprint density at radius 2 is 1.63 bits per heavy atom. The van der Waals surface area contributed by atoms with E-state index in [-0.39, 0.29) is 17.2 Å². The monoisotopic (exact) mass is 477 g/mol. The Bertz CT molecular complexity index is 986. The van der Waals surface area contributed by atoms with E-state index in [4.69, 9.17) is 4.74 Å². The van der Waals surface area contributed by atoms with Gasteiger partial charge in [-0.05, 0) is 55.3 Å². The fraction of sp³-hybridized carbons (Fsp3) is 0.517. The normalized spacial score (nSPS) is 20.1. The molecule has 2 aliphatic heterocycles. The molecule has 35 heavy (non-hydrogen) atoms. The number of benzene rings is 2. The summed E-state index contributed by atoms with van der Waals surface area (Å²) in [7, 11) is 1.91. The maximum Gasteiger partial charge on any atom is 0.257 e. The lowest BCUT2D eigenvalue weighted by atomic mass is 9.74. The molecule has 0 atom stereocenters. The molecule has 6 nitrogen and oxygen atoms in total. The molecule has 6 heteroatoms. The molecule has 1 saturated heterocycles. The van der Waals surface area contributed by atoms with Gasteiger partial charge in [-0.25, -0.2) is 0 Å². The van der Waals surface area contributed by atoms with Gasteiger partial charge in [-0.1, -0.05) is 48.9 Å². The van der Waals surface area contributed by atoms with Crippen LogP contribution in [0.15, 0.2) is 54.6 Å². The highest BCUT2D eigenvalue weighted by Gasteiger charge is 2.37. The molecule has 2 aromatic carbocycles. The van der Waals surface area contributed by atoms with Crippen molar-refractivity contribution in [1.82, 2.24) is 14.7 Å². The third-order valence-corrected chi connectivity index (χ3v) is 7.65. The number of nitrogens with zero attached hydrogens (tertiary/aromatic N) is 3. The first-order chi connectivity index (χ1) is 17.0. The van der Waals surface area contributed by atoms with Crippen LogP contribution in [0.3, 0.4) is 0 Å². The van der Waals surface area contributed by atoms with E-state index in [0.717, 1.165) is 64.8 Å². The topological polar surface area (TPSA) is 53.1 Å². The summed E-state index contributed by atoms with van der Waals surface area (Å²) < 4.78 is 6.16. The maximum atomic E-state index is 13.5. The second-order valence-electron chi connectivity index (χ2n) is 10.2. The largest absolute Gasteiger partial charge is 0.491 e. The molecule has 0 unspecified atom stereocenters. The first-order valence-electron chi connectivity index (χ1n) is 12.9. The maximum absolute atomic E-state index is 13.5. The van der Waals surface area contributed by atoms with Crippen LogP contribution in [0.2, 0.25) is 0 Å². The van der Waals surface area contributed by atoms with Gasteiger partial charge in [-0.3, -0.25) is 14.5 Å². The van der Waals surface area contributed by atoms with Gasteiger partial charge in [0.2, 0.25) is 5.91 Å². The minimum Gasteiger partial charge on any atom is -0.491 e. The van der Waals surface area contributed by atoms with Crippen LogP contribution >= 0.6 is 0 Å². The Kier molecular flexibility index (Phi) is 8.45. The number of likely N-dealkylation sites (tertiary alicyclic amines) is 1. The van der Waals surface area contributed by atoms with Gasteiger partial charge in [0, 0.05) is 46.7 Å². The molecular weight excluding hydrogens is 438 g/mol. The van der Waals surface area contributed by atoms with Crippen molar-refractivity contribution in [1.29, 1.82) is 0 Å². The van der Waals surface area contributed by atoms with Crippen molar-refractivity contribution in [3.63, 3.8) is 0 Å². The van der Waals surface area contributed by atoms with Crippen LogP contribution in [0.5, 0.6) is 5.75 Å². The minimum atomic E-state index is 0.00664. The summed E-state index contributed by atoms with van der Waals surface area (Å²) in [5.74, 6) is 0.807. The Hall–Kier alpha value is -2.86. The molecular formula is C29H39N3O3. The lowest BCUT2D eigenvalue weighted by molar-refractivity contribution is -0.131. The predicted octanol–water partition coefficient (Wildman–Crippen LogP) is 4.45. The average molecular weight is 478 g/mol. The quantitative estimate of drug-likeness (QED) is 0.641. The van der Waals surface area contributed by atoms with Crippen LogP contribution in [-0.2, 0) is 11.3 Å². The Morgan fingerprint density at radius 3 is 2.37 bits per heavy atom. The van der Waals surface area contributed by atoms with Crippen molar-refractivity contribution in [2.24, 2.45) is 5.41 Å². The van der Waals surface area contributed by atoms with E-state index >= 15 is 0 Å². The molecule has 0 saturated carbocycles. The van der Waals surface area contributed by atoms with Crippen LogP contribution < -0.4 is 4.74 Å². The molecule has 0 bridgehead atoms. The summed E-state index contributed by atoms with van der Waals surface area (Å²) in [6.07, 6.45) is 5.18. The molecule has 2 aromatic rings. The number of fused-ring (bicyclic) bond motifs is 1. The summed E-state index contributed by atoms with van der Waals surface area (Å²) in [5, 5.41) is 0. The highest BCUT2D eigenvalue weighted by atomic mass is 16.5. The Morgan fingerprint density at radius 1 is 0.914 bits per heavy atom. The molecule has 0 N–H and O–H groups in total. The zero-order chi connectivity index (χ0) is 24.7. The van der Waals surface area contributed by atoms with Gasteiger partial charge >= 0.3 is 0 Å². The lowest BCUT2D eigenvalue weighted by Crippen LogP contribution is -2.48. The van der Waals surface area contributed by atoms with Crippen LogP contribution in [0, 0.1) is 5.41 Å². The number of hydrogen-bond acceptors (Lipinski definition) is 4. The number of amides is 2. The molecule has 2 heterocycles. The van der Waals surface area contributed by atoms with E-state index in [2.05, 4.69) is 35.2 Å². The first kappa shape index (κ1) is 25.2. The second-order valence-corrected chi connectivity index (χ2v) is 10.2. The second kappa shape index (κ2) is 11.7.